The Morgan fingerprint density at radius 3 is 3.06 bits per heavy atom. The number of nitrogens with one attached hydrogen (secondary N) is 1. The van der Waals surface area contributed by atoms with Crippen LogP contribution in [0.4, 0.5) is 0 Å². The molecule has 1 aliphatic rings. The van der Waals surface area contributed by atoms with E-state index in [4.69, 9.17) is 13.9 Å². The second-order valence-electron chi connectivity index (χ2n) is 4.69. The summed E-state index contributed by atoms with van der Waals surface area (Å²) in [6.07, 6.45) is 2.14. The summed E-state index contributed by atoms with van der Waals surface area (Å²) in [5.74, 6) is 2.51. The Labute approximate surface area is 109 Å². The van der Waals surface area contributed by atoms with Gasteiger partial charge in [-0.15, -0.1) is 0 Å². The zero-order valence-electron chi connectivity index (χ0n) is 11.3. The summed E-state index contributed by atoms with van der Waals surface area (Å²) >= 11 is 0. The van der Waals surface area contributed by atoms with Gasteiger partial charge < -0.3 is 19.2 Å². The van der Waals surface area contributed by atoms with Gasteiger partial charge >= 0.3 is 0 Å². The predicted molar refractivity (Wildman–Crippen MR) is 69.6 cm³/mol. The van der Waals surface area contributed by atoms with Crippen molar-refractivity contribution in [2.75, 3.05) is 33.4 Å². The first-order valence-corrected chi connectivity index (χ1v) is 6.75. The average Bonchev–Trinajstić information content (AvgIpc) is 3.02. The Morgan fingerprint density at radius 1 is 1.44 bits per heavy atom. The summed E-state index contributed by atoms with van der Waals surface area (Å²) in [7, 11) is 1.72. The molecule has 0 amide bonds. The molecule has 1 aromatic rings. The molecule has 0 spiro atoms. The van der Waals surface area contributed by atoms with Gasteiger partial charge in [-0.3, -0.25) is 0 Å². The minimum Gasteiger partial charge on any atom is -0.463 e. The van der Waals surface area contributed by atoms with Gasteiger partial charge in [0.25, 0.3) is 0 Å². The van der Waals surface area contributed by atoms with Crippen molar-refractivity contribution in [3.8, 4) is 0 Å². The maximum Gasteiger partial charge on any atom is 0.133 e. The lowest BCUT2D eigenvalue weighted by Crippen LogP contribution is -2.27. The Balaban J connectivity index is 1.86. The molecule has 4 nitrogen and oxygen atoms in total. The van der Waals surface area contributed by atoms with Crippen LogP contribution in [0.3, 0.4) is 0 Å². The molecule has 18 heavy (non-hydrogen) atoms. The van der Waals surface area contributed by atoms with Crippen molar-refractivity contribution >= 4 is 0 Å². The number of rotatable bonds is 7. The number of ether oxygens (including phenoxy) is 2. The second kappa shape index (κ2) is 6.92. The number of hydrogen-bond donors (Lipinski definition) is 1. The standard InChI is InChI=1S/C14H23NO3/c1-3-12-4-5-13(18-12)14-11(6-8-17-14)10-15-7-9-16-2/h4-5,11,14-15H,3,6-10H2,1-2H3. The number of furan rings is 1. The highest BCUT2D eigenvalue weighted by Crippen LogP contribution is 2.35. The molecule has 2 heterocycles. The minimum absolute atomic E-state index is 0.111. The Hall–Kier alpha value is -0.840. The molecule has 102 valence electrons. The summed E-state index contributed by atoms with van der Waals surface area (Å²) in [4.78, 5) is 0. The van der Waals surface area contributed by atoms with Gasteiger partial charge in [0.15, 0.2) is 0 Å². The molecule has 1 aliphatic heterocycles. The molecule has 0 saturated carbocycles. The van der Waals surface area contributed by atoms with Crippen LogP contribution >= 0.6 is 0 Å². The highest BCUT2D eigenvalue weighted by molar-refractivity contribution is 5.11. The lowest BCUT2D eigenvalue weighted by Gasteiger charge is -2.17. The predicted octanol–water partition coefficient (Wildman–Crippen LogP) is 2.16. The maximum absolute atomic E-state index is 5.80. The summed E-state index contributed by atoms with van der Waals surface area (Å²) in [5.41, 5.74) is 0. The Kier molecular flexibility index (Phi) is 5.23. The summed E-state index contributed by atoms with van der Waals surface area (Å²) in [5, 5.41) is 3.40. The first kappa shape index (κ1) is 13.6. The Morgan fingerprint density at radius 2 is 2.33 bits per heavy atom. The zero-order chi connectivity index (χ0) is 12.8. The van der Waals surface area contributed by atoms with E-state index in [1.54, 1.807) is 7.11 Å². The molecular formula is C14H23NO3. The van der Waals surface area contributed by atoms with Crippen molar-refractivity contribution in [2.45, 2.75) is 25.9 Å². The van der Waals surface area contributed by atoms with Crippen molar-refractivity contribution in [3.63, 3.8) is 0 Å². The van der Waals surface area contributed by atoms with Gasteiger partial charge in [0.2, 0.25) is 0 Å². The second-order valence-corrected chi connectivity index (χ2v) is 4.69. The first-order valence-electron chi connectivity index (χ1n) is 6.75. The molecule has 4 heteroatoms. The fourth-order valence-electron chi connectivity index (χ4n) is 2.36. The van der Waals surface area contributed by atoms with Crippen molar-refractivity contribution in [1.82, 2.24) is 5.32 Å². The van der Waals surface area contributed by atoms with Gasteiger partial charge in [-0.25, -0.2) is 0 Å². The van der Waals surface area contributed by atoms with E-state index < -0.39 is 0 Å². The summed E-state index contributed by atoms with van der Waals surface area (Å²) in [6.45, 7) is 5.51. The van der Waals surface area contributed by atoms with Crippen molar-refractivity contribution in [3.05, 3.63) is 23.7 Å². The van der Waals surface area contributed by atoms with E-state index in [1.807, 2.05) is 6.07 Å². The highest BCUT2D eigenvalue weighted by Gasteiger charge is 2.31. The molecule has 1 fully saturated rings. The molecule has 1 N–H and O–H groups in total. The molecule has 1 saturated heterocycles. The largest absolute Gasteiger partial charge is 0.463 e. The first-order chi connectivity index (χ1) is 8.85. The van der Waals surface area contributed by atoms with Gasteiger partial charge in [-0.1, -0.05) is 6.92 Å². The van der Waals surface area contributed by atoms with Crippen LogP contribution in [0.15, 0.2) is 16.5 Å². The van der Waals surface area contributed by atoms with Gasteiger partial charge in [0.05, 0.1) is 6.61 Å². The lowest BCUT2D eigenvalue weighted by atomic mass is 10.00. The van der Waals surface area contributed by atoms with E-state index in [0.717, 1.165) is 50.7 Å². The SMILES string of the molecule is CCc1ccc(C2OCCC2CNCCOC)o1. The number of methoxy groups -OCH3 is 1. The third-order valence-electron chi connectivity index (χ3n) is 3.42. The maximum atomic E-state index is 5.80. The zero-order valence-corrected chi connectivity index (χ0v) is 11.3. The van der Waals surface area contributed by atoms with Crippen LogP contribution in [-0.4, -0.2) is 33.4 Å². The van der Waals surface area contributed by atoms with Gasteiger partial charge in [-0.05, 0) is 18.6 Å². The third kappa shape index (κ3) is 3.34. The molecule has 0 radical (unpaired) electrons. The van der Waals surface area contributed by atoms with E-state index in [2.05, 4.69) is 18.3 Å². The van der Waals surface area contributed by atoms with Gasteiger partial charge in [0.1, 0.15) is 17.6 Å². The van der Waals surface area contributed by atoms with E-state index in [0.29, 0.717) is 5.92 Å². The average molecular weight is 253 g/mol. The fraction of sp³-hybridized carbons (Fsp3) is 0.714. The van der Waals surface area contributed by atoms with Gasteiger partial charge in [0, 0.05) is 39.1 Å². The van der Waals surface area contributed by atoms with E-state index in [1.165, 1.54) is 0 Å². The fourth-order valence-corrected chi connectivity index (χ4v) is 2.36. The molecule has 0 aliphatic carbocycles. The summed E-state index contributed by atoms with van der Waals surface area (Å²) < 4.78 is 16.6. The van der Waals surface area contributed by atoms with Crippen LogP contribution in [0, 0.1) is 5.92 Å². The van der Waals surface area contributed by atoms with Crippen LogP contribution < -0.4 is 5.32 Å². The molecule has 2 unspecified atom stereocenters. The van der Waals surface area contributed by atoms with Crippen molar-refractivity contribution < 1.29 is 13.9 Å². The number of aryl methyl sites for hydroxylation is 1. The van der Waals surface area contributed by atoms with Crippen LogP contribution in [0.25, 0.3) is 0 Å². The lowest BCUT2D eigenvalue weighted by molar-refractivity contribution is 0.0707. The highest BCUT2D eigenvalue weighted by atomic mass is 16.5. The smallest absolute Gasteiger partial charge is 0.133 e. The van der Waals surface area contributed by atoms with E-state index in [9.17, 15) is 0 Å². The van der Waals surface area contributed by atoms with Crippen LogP contribution in [0.2, 0.25) is 0 Å². The van der Waals surface area contributed by atoms with Gasteiger partial charge in [-0.2, -0.15) is 0 Å². The normalized spacial score (nSPS) is 23.7. The third-order valence-corrected chi connectivity index (χ3v) is 3.42. The van der Waals surface area contributed by atoms with Crippen molar-refractivity contribution in [2.24, 2.45) is 5.92 Å². The monoisotopic (exact) mass is 253 g/mol. The quantitative estimate of drug-likeness (QED) is 0.756. The molecule has 2 atom stereocenters. The van der Waals surface area contributed by atoms with Crippen LogP contribution in [0.5, 0.6) is 0 Å². The molecule has 0 aromatic carbocycles. The van der Waals surface area contributed by atoms with E-state index in [-0.39, 0.29) is 6.10 Å². The molecular weight excluding hydrogens is 230 g/mol. The molecule has 2 rings (SSSR count). The van der Waals surface area contributed by atoms with Crippen LogP contribution in [0.1, 0.15) is 31.0 Å². The summed E-state index contributed by atoms with van der Waals surface area (Å²) in [6, 6.07) is 4.10. The molecule has 1 aromatic heterocycles. The van der Waals surface area contributed by atoms with Crippen molar-refractivity contribution in [1.29, 1.82) is 0 Å². The minimum atomic E-state index is 0.111. The van der Waals surface area contributed by atoms with Crippen LogP contribution in [-0.2, 0) is 15.9 Å². The topological polar surface area (TPSA) is 43.6 Å². The molecule has 0 bridgehead atoms. The Bertz CT molecular complexity index is 351. The number of hydrogen-bond acceptors (Lipinski definition) is 4. The van der Waals surface area contributed by atoms with E-state index >= 15 is 0 Å².